The Kier molecular flexibility index (Phi) is 7.53. The molecular weight excluding hydrogens is 517 g/mol. The molecule has 2 fully saturated rings. The number of halogens is 2. The van der Waals surface area contributed by atoms with E-state index in [2.05, 4.69) is 27.8 Å². The lowest BCUT2D eigenvalue weighted by atomic mass is 9.94. The molecule has 36 heavy (non-hydrogen) atoms. The number of nitrogens with two attached hydrogens (primary N) is 1. The number of carbonyl (C=O) groups excluding carboxylic acids is 1. The molecule has 190 valence electrons. The van der Waals surface area contributed by atoms with Crippen molar-refractivity contribution in [3.8, 4) is 0 Å². The molecule has 5 rings (SSSR count). The molecule has 7 nitrogen and oxygen atoms in total. The van der Waals surface area contributed by atoms with Gasteiger partial charge in [0.1, 0.15) is 29.0 Å². The van der Waals surface area contributed by atoms with Gasteiger partial charge in [-0.3, -0.25) is 9.28 Å². The molecule has 10 heteroatoms. The highest BCUT2D eigenvalue weighted by atomic mass is 35.5. The van der Waals surface area contributed by atoms with Crippen LogP contribution in [0.4, 0.5) is 22.3 Å². The zero-order chi connectivity index (χ0) is 25.3. The average Bonchev–Trinajstić information content (AvgIpc) is 3.25. The smallest absolute Gasteiger partial charge is 0.206 e. The summed E-state index contributed by atoms with van der Waals surface area (Å²) in [5, 5.41) is 18.6. The summed E-state index contributed by atoms with van der Waals surface area (Å²) in [6.07, 6.45) is 3.86. The van der Waals surface area contributed by atoms with Gasteiger partial charge in [-0.25, -0.2) is 4.98 Å². The number of likely N-dealkylation sites (tertiary alicyclic amines) is 1. The third-order valence-corrected chi connectivity index (χ3v) is 9.04. The predicted molar refractivity (Wildman–Crippen MR) is 149 cm³/mol. The molecule has 2 atom stereocenters. The summed E-state index contributed by atoms with van der Waals surface area (Å²) in [6, 6.07) is 13.6. The van der Waals surface area contributed by atoms with Crippen molar-refractivity contribution in [1.29, 1.82) is 0 Å². The maximum Gasteiger partial charge on any atom is 0.206 e. The molecular formula is C26H30Cl2N5O2S+. The van der Waals surface area contributed by atoms with E-state index < -0.39 is 0 Å². The first-order chi connectivity index (χ1) is 17.4. The molecule has 0 radical (unpaired) electrons. The molecule has 3 heterocycles. The minimum Gasteiger partial charge on any atom is -0.387 e. The Morgan fingerprint density at radius 2 is 1.86 bits per heavy atom. The van der Waals surface area contributed by atoms with Crippen LogP contribution >= 0.6 is 34.5 Å². The highest BCUT2D eigenvalue weighted by Crippen LogP contribution is 2.37. The van der Waals surface area contributed by atoms with Crippen molar-refractivity contribution >= 4 is 62.6 Å². The molecule has 2 aliphatic rings. The van der Waals surface area contributed by atoms with Crippen LogP contribution in [-0.4, -0.2) is 54.2 Å². The first-order valence-corrected chi connectivity index (χ1v) is 13.8. The van der Waals surface area contributed by atoms with Gasteiger partial charge in [-0.15, -0.1) is 0 Å². The van der Waals surface area contributed by atoms with Crippen molar-refractivity contribution in [3.05, 3.63) is 63.0 Å². The fraction of sp³-hybridized carbons (Fsp3) is 0.385. The molecule has 0 saturated carbocycles. The van der Waals surface area contributed by atoms with Crippen LogP contribution in [0.1, 0.15) is 40.9 Å². The van der Waals surface area contributed by atoms with Gasteiger partial charge in [0.2, 0.25) is 5.78 Å². The van der Waals surface area contributed by atoms with Crippen LogP contribution in [-0.2, 0) is 0 Å². The van der Waals surface area contributed by atoms with Crippen LogP contribution in [0.15, 0.2) is 42.5 Å². The first-order valence-electron chi connectivity index (χ1n) is 12.2. The number of rotatable bonds is 6. The van der Waals surface area contributed by atoms with E-state index in [9.17, 15) is 9.90 Å². The van der Waals surface area contributed by atoms with Gasteiger partial charge in [0.25, 0.3) is 0 Å². The largest absolute Gasteiger partial charge is 0.387 e. The number of nitrogens with one attached hydrogen (secondary N) is 2. The molecule has 2 saturated heterocycles. The van der Waals surface area contributed by atoms with Crippen LogP contribution in [0, 0.1) is 0 Å². The van der Waals surface area contributed by atoms with E-state index >= 15 is 0 Å². The Balaban J connectivity index is 1.35. The van der Waals surface area contributed by atoms with E-state index in [1.807, 2.05) is 12.1 Å². The predicted octanol–water partition coefficient (Wildman–Crippen LogP) is 5.22. The Morgan fingerprint density at radius 1 is 1.11 bits per heavy atom. The highest BCUT2D eigenvalue weighted by Gasteiger charge is 2.43. The number of nitrogens with zero attached hydrogens (tertiary/aromatic N) is 2. The number of thiazole rings is 1. The standard InChI is InChI=1S/C26H29Cl2N5O2S/c27-21-8-3-16(14-22(21)28)23(35)24-25(29)32-26(36-24)31-17-4-6-18(7-5-17)33(13-1-2-20(34)15-33)19-9-11-30-12-10-19/h3-8,14,19-20,30,34H,1-2,9-13,15H2,(H2-,29,31,32,35)/p+1. The summed E-state index contributed by atoms with van der Waals surface area (Å²) < 4.78 is 0.843. The maximum absolute atomic E-state index is 13.0. The monoisotopic (exact) mass is 546 g/mol. The molecule has 5 N–H and O–H groups in total. The minimum atomic E-state index is -0.267. The van der Waals surface area contributed by atoms with Gasteiger partial charge in [0.05, 0.1) is 22.6 Å². The number of hydrogen-bond donors (Lipinski definition) is 4. The number of ketones is 1. The summed E-state index contributed by atoms with van der Waals surface area (Å²) in [5.41, 5.74) is 8.59. The Morgan fingerprint density at radius 3 is 2.56 bits per heavy atom. The minimum absolute atomic E-state index is 0.174. The third kappa shape index (κ3) is 5.11. The van der Waals surface area contributed by atoms with Crippen molar-refractivity contribution in [2.45, 2.75) is 37.8 Å². The first kappa shape index (κ1) is 25.4. The highest BCUT2D eigenvalue weighted by molar-refractivity contribution is 7.18. The van der Waals surface area contributed by atoms with Gasteiger partial charge in [0.15, 0.2) is 5.13 Å². The molecule has 0 aliphatic carbocycles. The number of quaternary nitrogens is 1. The summed E-state index contributed by atoms with van der Waals surface area (Å²) in [6.45, 7) is 3.86. The number of benzene rings is 2. The third-order valence-electron chi connectivity index (χ3n) is 7.31. The van der Waals surface area contributed by atoms with Gasteiger partial charge in [-0.2, -0.15) is 0 Å². The lowest BCUT2D eigenvalue weighted by Gasteiger charge is -2.49. The fourth-order valence-electron chi connectivity index (χ4n) is 5.53. The number of carbonyl (C=O) groups is 1. The molecule has 2 aliphatic heterocycles. The van der Waals surface area contributed by atoms with Gasteiger partial charge >= 0.3 is 0 Å². The zero-order valence-electron chi connectivity index (χ0n) is 19.8. The fourth-order valence-corrected chi connectivity index (χ4v) is 6.69. The van der Waals surface area contributed by atoms with Gasteiger partial charge < -0.3 is 21.5 Å². The summed E-state index contributed by atoms with van der Waals surface area (Å²) in [5.74, 6) is -0.0723. The molecule has 0 amide bonds. The molecule has 2 aromatic carbocycles. The SMILES string of the molecule is Nc1nc(Nc2ccc([N+]3(C4CCNCC4)CCCC(O)C3)cc2)sc1C(=O)c1ccc(Cl)c(Cl)c1. The quantitative estimate of drug-likeness (QED) is 0.250. The summed E-state index contributed by atoms with van der Waals surface area (Å²) >= 11 is 13.3. The van der Waals surface area contributed by atoms with Gasteiger partial charge in [-0.05, 0) is 43.2 Å². The van der Waals surface area contributed by atoms with E-state index in [1.54, 1.807) is 12.1 Å². The molecule has 1 aromatic heterocycles. The molecule has 3 aromatic rings. The lowest BCUT2D eigenvalue weighted by Crippen LogP contribution is -2.64. The van der Waals surface area contributed by atoms with Crippen molar-refractivity contribution in [1.82, 2.24) is 14.8 Å². The van der Waals surface area contributed by atoms with E-state index in [1.165, 1.54) is 23.1 Å². The summed E-state index contributed by atoms with van der Waals surface area (Å²) in [7, 11) is 0. The van der Waals surface area contributed by atoms with E-state index in [0.29, 0.717) is 31.7 Å². The topological polar surface area (TPSA) is 100 Å². The van der Waals surface area contributed by atoms with Crippen molar-refractivity contribution in [3.63, 3.8) is 0 Å². The normalized spacial score (nSPS) is 22.9. The zero-order valence-corrected chi connectivity index (χ0v) is 22.2. The van der Waals surface area contributed by atoms with Crippen molar-refractivity contribution in [2.24, 2.45) is 0 Å². The number of anilines is 3. The number of aromatic nitrogens is 1. The van der Waals surface area contributed by atoms with Crippen LogP contribution in [0.5, 0.6) is 0 Å². The van der Waals surface area contributed by atoms with Gasteiger partial charge in [0, 0.05) is 49.3 Å². The molecule has 2 unspecified atom stereocenters. The number of aliphatic hydroxyl groups is 1. The molecule has 0 spiro atoms. The second-order valence-electron chi connectivity index (χ2n) is 9.58. The second-order valence-corrected chi connectivity index (χ2v) is 11.4. The maximum atomic E-state index is 13.0. The number of hydrogen-bond acceptors (Lipinski definition) is 7. The average molecular weight is 548 g/mol. The second kappa shape index (κ2) is 10.7. The Bertz CT molecular complexity index is 1250. The van der Waals surface area contributed by atoms with Crippen LogP contribution < -0.4 is 20.9 Å². The van der Waals surface area contributed by atoms with Crippen LogP contribution in [0.25, 0.3) is 0 Å². The van der Waals surface area contributed by atoms with Gasteiger partial charge in [-0.1, -0.05) is 34.5 Å². The summed E-state index contributed by atoms with van der Waals surface area (Å²) in [4.78, 5) is 17.7. The lowest BCUT2D eigenvalue weighted by molar-refractivity contribution is 0.0418. The van der Waals surface area contributed by atoms with E-state index in [0.717, 1.165) is 62.0 Å². The van der Waals surface area contributed by atoms with E-state index in [-0.39, 0.29) is 17.7 Å². The molecule has 0 bridgehead atoms. The number of piperidine rings is 2. The van der Waals surface area contributed by atoms with Crippen LogP contribution in [0.2, 0.25) is 10.0 Å². The van der Waals surface area contributed by atoms with Crippen molar-refractivity contribution < 1.29 is 9.90 Å². The van der Waals surface area contributed by atoms with Crippen LogP contribution in [0.3, 0.4) is 0 Å². The Labute approximate surface area is 224 Å². The number of nitrogen functional groups attached to an aromatic ring is 1. The van der Waals surface area contributed by atoms with E-state index in [4.69, 9.17) is 28.9 Å². The number of aliphatic hydroxyl groups excluding tert-OH is 1. The Hall–Kier alpha value is -2.20. The van der Waals surface area contributed by atoms with Crippen molar-refractivity contribution in [2.75, 3.05) is 37.2 Å².